The van der Waals surface area contributed by atoms with Gasteiger partial charge in [0.05, 0.1) is 12.4 Å². The third-order valence-electron chi connectivity index (χ3n) is 8.17. The predicted molar refractivity (Wildman–Crippen MR) is 132 cm³/mol. The Balaban J connectivity index is 1.24. The van der Waals surface area contributed by atoms with E-state index in [9.17, 15) is 4.79 Å². The lowest BCUT2D eigenvalue weighted by Gasteiger charge is -2.58. The molecule has 0 N–H and O–H groups in total. The molecule has 2 aromatic rings. The van der Waals surface area contributed by atoms with Gasteiger partial charge in [0, 0.05) is 60.3 Å². The van der Waals surface area contributed by atoms with E-state index in [2.05, 4.69) is 53.0 Å². The van der Waals surface area contributed by atoms with Crippen LogP contribution in [-0.4, -0.2) is 61.1 Å². The average molecular weight is 469 g/mol. The number of likely N-dealkylation sites (tertiary alicyclic amines) is 1. The van der Waals surface area contributed by atoms with Gasteiger partial charge >= 0.3 is 6.09 Å². The van der Waals surface area contributed by atoms with Gasteiger partial charge in [0.1, 0.15) is 5.60 Å². The predicted octanol–water partition coefficient (Wildman–Crippen LogP) is 4.89. The number of rotatable bonds is 3. The van der Waals surface area contributed by atoms with Crippen molar-refractivity contribution in [2.45, 2.75) is 97.4 Å². The minimum atomic E-state index is -0.441. The van der Waals surface area contributed by atoms with E-state index in [1.165, 1.54) is 11.3 Å². The molecule has 34 heavy (non-hydrogen) atoms. The van der Waals surface area contributed by atoms with Gasteiger partial charge < -0.3 is 19.1 Å². The van der Waals surface area contributed by atoms with Crippen molar-refractivity contribution in [2.75, 3.05) is 24.5 Å². The molecule has 0 aromatic carbocycles. The summed E-state index contributed by atoms with van der Waals surface area (Å²) in [7, 11) is 0. The first-order chi connectivity index (χ1) is 15.9. The van der Waals surface area contributed by atoms with E-state index < -0.39 is 5.60 Å². The van der Waals surface area contributed by atoms with Gasteiger partial charge in [0.2, 0.25) is 0 Å². The van der Waals surface area contributed by atoms with E-state index in [0.29, 0.717) is 12.1 Å². The maximum absolute atomic E-state index is 12.3. The van der Waals surface area contributed by atoms with Gasteiger partial charge in [0.25, 0.3) is 0 Å². The Morgan fingerprint density at radius 2 is 1.82 bits per heavy atom. The van der Waals surface area contributed by atoms with Crippen molar-refractivity contribution in [1.82, 2.24) is 24.2 Å². The molecule has 2 saturated heterocycles. The van der Waals surface area contributed by atoms with Crippen molar-refractivity contribution < 1.29 is 9.53 Å². The summed E-state index contributed by atoms with van der Waals surface area (Å²) in [6.07, 6.45) is 10.0. The number of piperidine rings is 1. The topological polar surface area (TPSA) is 68.4 Å². The molecule has 8 nitrogen and oxygen atoms in total. The Bertz CT molecular complexity index is 1050. The lowest BCUT2D eigenvalue weighted by molar-refractivity contribution is -0.0930. The molecule has 2 aromatic heterocycles. The normalized spacial score (nSPS) is 24.1. The maximum atomic E-state index is 12.3. The molecular weight excluding hydrogens is 428 g/mol. The fourth-order valence-corrected chi connectivity index (χ4v) is 6.29. The highest BCUT2D eigenvalue weighted by molar-refractivity contribution is 5.69. The van der Waals surface area contributed by atoms with E-state index in [1.807, 2.05) is 38.2 Å². The standard InChI is InChI=1S/C26H40N6O2/c1-18-19(2)32(21-13-26(14-21)15-30(16-26)23(33)34-24(3,4)5)28-22(18)31-10-8-20(12-25(31,6)7)29-11-9-27-17-29/h9,11,17,20-21H,8,10,12-16H2,1-7H3. The Morgan fingerprint density at radius 1 is 1.12 bits per heavy atom. The van der Waals surface area contributed by atoms with Crippen LogP contribution in [0.25, 0.3) is 0 Å². The summed E-state index contributed by atoms with van der Waals surface area (Å²) < 4.78 is 10.1. The molecule has 1 aliphatic carbocycles. The SMILES string of the molecule is Cc1c(N2CCC(n3ccnc3)CC2(C)C)nn(C2CC3(C2)CN(C(=O)OC(C)(C)C)C3)c1C. The molecule has 1 amide bonds. The Kier molecular flexibility index (Phi) is 5.30. The van der Waals surface area contributed by atoms with Gasteiger partial charge in [-0.15, -0.1) is 0 Å². The van der Waals surface area contributed by atoms with Gasteiger partial charge in [-0.25, -0.2) is 9.78 Å². The Hall–Kier alpha value is -2.51. The van der Waals surface area contributed by atoms with Crippen molar-refractivity contribution in [1.29, 1.82) is 0 Å². The molecule has 1 spiro atoms. The molecule has 4 heterocycles. The molecule has 1 saturated carbocycles. The molecule has 1 unspecified atom stereocenters. The van der Waals surface area contributed by atoms with Crippen LogP contribution in [0, 0.1) is 19.3 Å². The Labute approximate surface area is 203 Å². The molecule has 0 bridgehead atoms. The van der Waals surface area contributed by atoms with Crippen molar-refractivity contribution >= 4 is 11.9 Å². The van der Waals surface area contributed by atoms with E-state index in [0.717, 1.165) is 51.1 Å². The minimum Gasteiger partial charge on any atom is -0.444 e. The number of carbonyl (C=O) groups is 1. The largest absolute Gasteiger partial charge is 0.444 e. The molecular formula is C26H40N6O2. The lowest BCUT2D eigenvalue weighted by atomic mass is 9.61. The molecule has 8 heteroatoms. The third kappa shape index (κ3) is 3.99. The van der Waals surface area contributed by atoms with Gasteiger partial charge in [-0.3, -0.25) is 4.68 Å². The molecule has 5 rings (SSSR count). The second kappa shape index (κ2) is 7.75. The fourth-order valence-electron chi connectivity index (χ4n) is 6.29. The monoisotopic (exact) mass is 468 g/mol. The Morgan fingerprint density at radius 3 is 2.41 bits per heavy atom. The highest BCUT2D eigenvalue weighted by atomic mass is 16.6. The summed E-state index contributed by atoms with van der Waals surface area (Å²) in [5.74, 6) is 1.14. The highest BCUT2D eigenvalue weighted by Crippen LogP contribution is 2.55. The molecule has 186 valence electrons. The third-order valence-corrected chi connectivity index (χ3v) is 8.17. The molecule has 3 fully saturated rings. The van der Waals surface area contributed by atoms with Crippen LogP contribution in [0.1, 0.15) is 83.6 Å². The zero-order chi connectivity index (χ0) is 24.5. The van der Waals surface area contributed by atoms with Crippen molar-refractivity contribution in [3.8, 4) is 0 Å². The van der Waals surface area contributed by atoms with Crippen LogP contribution in [0.4, 0.5) is 10.6 Å². The first-order valence-corrected chi connectivity index (χ1v) is 12.7. The fraction of sp³-hybridized carbons (Fsp3) is 0.731. The van der Waals surface area contributed by atoms with Crippen LogP contribution in [0.5, 0.6) is 0 Å². The van der Waals surface area contributed by atoms with Crippen LogP contribution in [0.3, 0.4) is 0 Å². The zero-order valence-electron chi connectivity index (χ0n) is 21.8. The van der Waals surface area contributed by atoms with E-state index in [-0.39, 0.29) is 17.0 Å². The van der Waals surface area contributed by atoms with Gasteiger partial charge in [-0.1, -0.05) is 0 Å². The van der Waals surface area contributed by atoms with Gasteiger partial charge in [-0.05, 0) is 74.1 Å². The number of hydrogen-bond donors (Lipinski definition) is 0. The van der Waals surface area contributed by atoms with Crippen LogP contribution >= 0.6 is 0 Å². The number of aromatic nitrogens is 4. The van der Waals surface area contributed by atoms with Crippen LogP contribution in [0.2, 0.25) is 0 Å². The summed E-state index contributed by atoms with van der Waals surface area (Å²) >= 11 is 0. The van der Waals surface area contributed by atoms with Crippen LogP contribution in [0.15, 0.2) is 18.7 Å². The summed E-state index contributed by atoms with van der Waals surface area (Å²) in [4.78, 5) is 20.9. The summed E-state index contributed by atoms with van der Waals surface area (Å²) in [6, 6.07) is 0.898. The van der Waals surface area contributed by atoms with Crippen LogP contribution in [-0.2, 0) is 4.74 Å². The second-order valence-electron chi connectivity index (χ2n) is 12.5. The summed E-state index contributed by atoms with van der Waals surface area (Å²) in [5.41, 5.74) is 2.39. The number of imidazole rings is 1. The summed E-state index contributed by atoms with van der Waals surface area (Å²) in [6.45, 7) is 17.4. The number of ether oxygens (including phenoxy) is 1. The average Bonchev–Trinajstić information content (AvgIpc) is 3.28. The van der Waals surface area contributed by atoms with E-state index in [4.69, 9.17) is 9.84 Å². The van der Waals surface area contributed by atoms with E-state index in [1.54, 1.807) is 0 Å². The lowest BCUT2D eigenvalue weighted by Crippen LogP contribution is -2.64. The van der Waals surface area contributed by atoms with Crippen LogP contribution < -0.4 is 4.90 Å². The number of nitrogens with zero attached hydrogens (tertiary/aromatic N) is 6. The van der Waals surface area contributed by atoms with Crippen molar-refractivity contribution in [3.63, 3.8) is 0 Å². The smallest absolute Gasteiger partial charge is 0.410 e. The zero-order valence-corrected chi connectivity index (χ0v) is 21.8. The number of amides is 1. The minimum absolute atomic E-state index is 0.0201. The van der Waals surface area contributed by atoms with Crippen molar-refractivity contribution in [3.05, 3.63) is 30.0 Å². The summed E-state index contributed by atoms with van der Waals surface area (Å²) in [5, 5.41) is 5.18. The van der Waals surface area contributed by atoms with Gasteiger partial charge in [-0.2, -0.15) is 5.10 Å². The molecule has 1 atom stereocenters. The highest BCUT2D eigenvalue weighted by Gasteiger charge is 2.55. The second-order valence-corrected chi connectivity index (χ2v) is 12.5. The molecule has 0 radical (unpaired) electrons. The number of hydrogen-bond acceptors (Lipinski definition) is 5. The maximum Gasteiger partial charge on any atom is 0.410 e. The van der Waals surface area contributed by atoms with Crippen molar-refractivity contribution in [2.24, 2.45) is 5.41 Å². The van der Waals surface area contributed by atoms with Gasteiger partial charge in [0.15, 0.2) is 5.82 Å². The first kappa shape index (κ1) is 23.2. The quantitative estimate of drug-likeness (QED) is 0.642. The number of carbonyl (C=O) groups excluding carboxylic acids is 1. The van der Waals surface area contributed by atoms with E-state index >= 15 is 0 Å². The first-order valence-electron chi connectivity index (χ1n) is 12.7. The molecule has 2 aliphatic heterocycles. The number of anilines is 1. The molecule has 3 aliphatic rings.